The van der Waals surface area contributed by atoms with E-state index in [2.05, 4.69) is 35.2 Å². The maximum absolute atomic E-state index is 4.86. The van der Waals surface area contributed by atoms with E-state index in [1.807, 2.05) is 48.3 Å². The van der Waals surface area contributed by atoms with Gasteiger partial charge in [0, 0.05) is 37.5 Å². The first-order chi connectivity index (χ1) is 12.3. The van der Waals surface area contributed by atoms with E-state index in [1.165, 1.54) is 12.8 Å². The van der Waals surface area contributed by atoms with Crippen molar-refractivity contribution >= 4 is 17.5 Å². The van der Waals surface area contributed by atoms with Gasteiger partial charge >= 0.3 is 0 Å². The van der Waals surface area contributed by atoms with Crippen molar-refractivity contribution in [2.75, 3.05) is 29.9 Å². The first-order valence-electron chi connectivity index (χ1n) is 8.79. The number of para-hydroxylation sites is 1. The third-order valence-electron chi connectivity index (χ3n) is 4.64. The van der Waals surface area contributed by atoms with Gasteiger partial charge in [0.1, 0.15) is 5.82 Å². The zero-order valence-corrected chi connectivity index (χ0v) is 14.5. The van der Waals surface area contributed by atoms with Crippen LogP contribution < -0.4 is 9.80 Å². The normalized spacial score (nSPS) is 13.9. The van der Waals surface area contributed by atoms with Crippen molar-refractivity contribution in [1.29, 1.82) is 0 Å². The molecule has 25 heavy (non-hydrogen) atoms. The smallest absolute Gasteiger partial charge is 0.232 e. The van der Waals surface area contributed by atoms with Crippen molar-refractivity contribution in [3.05, 3.63) is 66.7 Å². The number of nitrogens with zero attached hydrogens (tertiary/aromatic N) is 4. The first kappa shape index (κ1) is 15.6. The Balaban J connectivity index is 1.78. The minimum Gasteiger partial charge on any atom is -0.356 e. The van der Waals surface area contributed by atoms with E-state index in [9.17, 15) is 0 Å². The van der Waals surface area contributed by atoms with Crippen LogP contribution in [-0.2, 0) is 0 Å². The largest absolute Gasteiger partial charge is 0.356 e. The molecule has 0 N–H and O–H groups in total. The molecule has 2 aromatic carbocycles. The Bertz CT molecular complexity index is 827. The van der Waals surface area contributed by atoms with Crippen LogP contribution in [0.15, 0.2) is 66.7 Å². The Labute approximate surface area is 148 Å². The second-order valence-corrected chi connectivity index (χ2v) is 6.37. The van der Waals surface area contributed by atoms with Crippen LogP contribution in [0.5, 0.6) is 0 Å². The van der Waals surface area contributed by atoms with E-state index in [4.69, 9.17) is 9.97 Å². The monoisotopic (exact) mass is 330 g/mol. The summed E-state index contributed by atoms with van der Waals surface area (Å²) in [5, 5.41) is 0. The molecule has 1 aromatic heterocycles. The lowest BCUT2D eigenvalue weighted by molar-refractivity contribution is 0.919. The van der Waals surface area contributed by atoms with E-state index in [0.29, 0.717) is 0 Å². The van der Waals surface area contributed by atoms with E-state index in [-0.39, 0.29) is 0 Å². The molecule has 1 aliphatic rings. The summed E-state index contributed by atoms with van der Waals surface area (Å²) in [6.07, 6.45) is 2.46. The first-order valence-corrected chi connectivity index (χ1v) is 8.79. The fourth-order valence-electron chi connectivity index (χ4n) is 3.20. The number of anilines is 3. The van der Waals surface area contributed by atoms with Gasteiger partial charge in [-0.05, 0) is 25.0 Å². The summed E-state index contributed by atoms with van der Waals surface area (Å²) in [5.41, 5.74) is 3.17. The van der Waals surface area contributed by atoms with Crippen molar-refractivity contribution in [2.24, 2.45) is 0 Å². The van der Waals surface area contributed by atoms with E-state index in [1.54, 1.807) is 0 Å². The van der Waals surface area contributed by atoms with Gasteiger partial charge in [0.05, 0.1) is 5.69 Å². The van der Waals surface area contributed by atoms with Gasteiger partial charge in [0.15, 0.2) is 0 Å². The van der Waals surface area contributed by atoms with E-state index < -0.39 is 0 Å². The standard InChI is InChI=1S/C21H22N4/c1-24(18-12-6-3-7-13-18)21-22-19(17-10-4-2-5-11-17)16-20(23-21)25-14-8-9-15-25/h2-7,10-13,16H,8-9,14-15H2,1H3. The van der Waals surface area contributed by atoms with Gasteiger partial charge in [0.2, 0.25) is 5.95 Å². The molecule has 1 saturated heterocycles. The molecule has 4 heteroatoms. The zero-order valence-electron chi connectivity index (χ0n) is 14.5. The average Bonchev–Trinajstić information content (AvgIpc) is 3.23. The summed E-state index contributed by atoms with van der Waals surface area (Å²) in [6.45, 7) is 2.14. The Morgan fingerprint density at radius 1 is 0.840 bits per heavy atom. The molecule has 0 unspecified atom stereocenters. The van der Waals surface area contributed by atoms with Crippen molar-refractivity contribution in [2.45, 2.75) is 12.8 Å². The maximum atomic E-state index is 4.86. The van der Waals surface area contributed by atoms with Crippen molar-refractivity contribution in [3.63, 3.8) is 0 Å². The van der Waals surface area contributed by atoms with Gasteiger partial charge in [-0.3, -0.25) is 0 Å². The SMILES string of the molecule is CN(c1ccccc1)c1nc(-c2ccccc2)cc(N2CCCC2)n1. The molecule has 0 bridgehead atoms. The van der Waals surface area contributed by atoms with E-state index in [0.717, 1.165) is 41.8 Å². The maximum Gasteiger partial charge on any atom is 0.232 e. The topological polar surface area (TPSA) is 32.3 Å². The Morgan fingerprint density at radius 3 is 2.16 bits per heavy atom. The van der Waals surface area contributed by atoms with Crippen LogP contribution in [0.25, 0.3) is 11.3 Å². The van der Waals surface area contributed by atoms with Crippen LogP contribution in [0.4, 0.5) is 17.5 Å². The second kappa shape index (κ2) is 6.93. The number of rotatable bonds is 4. The summed E-state index contributed by atoms with van der Waals surface area (Å²) in [6, 6.07) is 22.7. The average molecular weight is 330 g/mol. The molecule has 0 atom stereocenters. The molecule has 0 saturated carbocycles. The van der Waals surface area contributed by atoms with Crippen molar-refractivity contribution in [3.8, 4) is 11.3 Å². The lowest BCUT2D eigenvalue weighted by atomic mass is 10.1. The lowest BCUT2D eigenvalue weighted by Crippen LogP contribution is -2.21. The van der Waals surface area contributed by atoms with Gasteiger partial charge in [-0.1, -0.05) is 48.5 Å². The third-order valence-corrected chi connectivity index (χ3v) is 4.64. The minimum atomic E-state index is 0.731. The van der Waals surface area contributed by atoms with Gasteiger partial charge in [-0.15, -0.1) is 0 Å². The Morgan fingerprint density at radius 2 is 1.48 bits per heavy atom. The predicted molar refractivity (Wildman–Crippen MR) is 103 cm³/mol. The highest BCUT2D eigenvalue weighted by Gasteiger charge is 2.18. The number of hydrogen-bond acceptors (Lipinski definition) is 4. The number of benzene rings is 2. The fourth-order valence-corrected chi connectivity index (χ4v) is 3.20. The quantitative estimate of drug-likeness (QED) is 0.704. The molecular weight excluding hydrogens is 308 g/mol. The summed E-state index contributed by atoms with van der Waals surface area (Å²) < 4.78 is 0. The molecule has 126 valence electrons. The lowest BCUT2D eigenvalue weighted by Gasteiger charge is -2.22. The molecular formula is C21H22N4. The summed E-state index contributed by atoms with van der Waals surface area (Å²) >= 11 is 0. The summed E-state index contributed by atoms with van der Waals surface area (Å²) in [4.78, 5) is 14.1. The van der Waals surface area contributed by atoms with E-state index >= 15 is 0 Å². The zero-order chi connectivity index (χ0) is 17.1. The van der Waals surface area contributed by atoms with Gasteiger partial charge in [-0.2, -0.15) is 4.98 Å². The minimum absolute atomic E-state index is 0.731. The highest BCUT2D eigenvalue weighted by Crippen LogP contribution is 2.28. The van der Waals surface area contributed by atoms with Crippen LogP contribution in [0, 0.1) is 0 Å². The highest BCUT2D eigenvalue weighted by atomic mass is 15.3. The molecule has 3 aromatic rings. The summed E-state index contributed by atoms with van der Waals surface area (Å²) in [7, 11) is 2.02. The molecule has 0 radical (unpaired) electrons. The van der Waals surface area contributed by atoms with Gasteiger partial charge < -0.3 is 9.80 Å². The molecule has 0 aliphatic carbocycles. The Kier molecular flexibility index (Phi) is 4.34. The van der Waals surface area contributed by atoms with Crippen LogP contribution >= 0.6 is 0 Å². The highest BCUT2D eigenvalue weighted by molar-refractivity contribution is 5.67. The molecule has 0 amide bonds. The van der Waals surface area contributed by atoms with Crippen LogP contribution in [0.2, 0.25) is 0 Å². The molecule has 0 spiro atoms. The third kappa shape index (κ3) is 3.33. The van der Waals surface area contributed by atoms with Gasteiger partial charge in [0.25, 0.3) is 0 Å². The molecule has 2 heterocycles. The molecule has 1 aliphatic heterocycles. The van der Waals surface area contributed by atoms with Crippen LogP contribution in [0.3, 0.4) is 0 Å². The van der Waals surface area contributed by atoms with Crippen molar-refractivity contribution in [1.82, 2.24) is 9.97 Å². The molecule has 4 nitrogen and oxygen atoms in total. The van der Waals surface area contributed by atoms with Crippen LogP contribution in [0.1, 0.15) is 12.8 Å². The summed E-state index contributed by atoms with van der Waals surface area (Å²) in [5.74, 6) is 1.75. The van der Waals surface area contributed by atoms with Crippen LogP contribution in [-0.4, -0.2) is 30.1 Å². The predicted octanol–water partition coefficient (Wildman–Crippen LogP) is 4.51. The molecule has 4 rings (SSSR count). The fraction of sp³-hybridized carbons (Fsp3) is 0.238. The molecule has 1 fully saturated rings. The number of aromatic nitrogens is 2. The second-order valence-electron chi connectivity index (χ2n) is 6.37. The van der Waals surface area contributed by atoms with Crippen molar-refractivity contribution < 1.29 is 0 Å². The van der Waals surface area contributed by atoms with Gasteiger partial charge in [-0.25, -0.2) is 4.98 Å². The number of hydrogen-bond donors (Lipinski definition) is 0. The Hall–Kier alpha value is -2.88.